The second kappa shape index (κ2) is 8.00. The van der Waals surface area contributed by atoms with Gasteiger partial charge in [0.2, 0.25) is 0 Å². The Labute approximate surface area is 133 Å². The lowest BCUT2D eigenvalue weighted by atomic mass is 9.86. The molecule has 22 heavy (non-hydrogen) atoms. The minimum absolute atomic E-state index is 0.214. The highest BCUT2D eigenvalue weighted by molar-refractivity contribution is 5.39. The van der Waals surface area contributed by atoms with Gasteiger partial charge in [-0.15, -0.1) is 0 Å². The summed E-state index contributed by atoms with van der Waals surface area (Å²) in [6.45, 7) is 8.10. The topological polar surface area (TPSA) is 46.5 Å². The molecule has 1 rings (SSSR count). The maximum absolute atomic E-state index is 10.9. The molecular formula is C19H23O3. The summed E-state index contributed by atoms with van der Waals surface area (Å²) in [6, 6.07) is 9.25. The van der Waals surface area contributed by atoms with Gasteiger partial charge in [0, 0.05) is 18.3 Å². The maximum Gasteiger partial charge on any atom is 0.293 e. The number of carbonyl (C=O) groups excluding carboxylic acids is 1. The van der Waals surface area contributed by atoms with Gasteiger partial charge in [-0.3, -0.25) is 4.79 Å². The first kappa shape index (κ1) is 18.3. The third kappa shape index (κ3) is 6.32. The van der Waals surface area contributed by atoms with Crippen molar-refractivity contribution in [3.8, 4) is 11.8 Å². The predicted molar refractivity (Wildman–Crippen MR) is 87.1 cm³/mol. The number of rotatable bonds is 7. The highest BCUT2D eigenvalue weighted by Crippen LogP contribution is 2.26. The van der Waals surface area contributed by atoms with Gasteiger partial charge in [-0.25, -0.2) is 0 Å². The summed E-state index contributed by atoms with van der Waals surface area (Å²) in [6.07, 6.45) is 4.59. The van der Waals surface area contributed by atoms with Gasteiger partial charge in [0.15, 0.2) is 5.60 Å². The lowest BCUT2D eigenvalue weighted by Crippen LogP contribution is -2.26. The monoisotopic (exact) mass is 299 g/mol. The van der Waals surface area contributed by atoms with E-state index in [9.17, 15) is 9.90 Å². The fourth-order valence-electron chi connectivity index (χ4n) is 1.67. The SMILES string of the molecule is C[C@H]([CH][CH][CH][C@](O)(C#CC(C)(C)C)c1ccccc1)OC=O. The van der Waals surface area contributed by atoms with Crippen molar-refractivity contribution < 1.29 is 14.6 Å². The minimum Gasteiger partial charge on any atom is -0.465 e. The van der Waals surface area contributed by atoms with E-state index in [1.54, 1.807) is 26.2 Å². The van der Waals surface area contributed by atoms with Crippen LogP contribution in [0.2, 0.25) is 0 Å². The molecule has 1 aromatic carbocycles. The molecule has 0 aliphatic rings. The number of benzene rings is 1. The van der Waals surface area contributed by atoms with E-state index in [2.05, 4.69) is 11.8 Å². The van der Waals surface area contributed by atoms with Crippen LogP contribution >= 0.6 is 0 Å². The van der Waals surface area contributed by atoms with Crippen LogP contribution in [0, 0.1) is 36.5 Å². The summed E-state index contributed by atoms with van der Waals surface area (Å²) in [5.74, 6) is 6.02. The fourth-order valence-corrected chi connectivity index (χ4v) is 1.67. The quantitative estimate of drug-likeness (QED) is 0.621. The molecule has 3 heteroatoms. The van der Waals surface area contributed by atoms with E-state index in [0.717, 1.165) is 0 Å². The van der Waals surface area contributed by atoms with Gasteiger partial charge in [-0.1, -0.05) is 42.2 Å². The Kier molecular flexibility index (Phi) is 6.64. The molecule has 2 atom stereocenters. The molecule has 0 amide bonds. The number of aliphatic hydroxyl groups is 1. The lowest BCUT2D eigenvalue weighted by molar-refractivity contribution is -0.131. The average molecular weight is 299 g/mol. The van der Waals surface area contributed by atoms with Crippen molar-refractivity contribution in [1.29, 1.82) is 0 Å². The molecule has 3 nitrogen and oxygen atoms in total. The van der Waals surface area contributed by atoms with Crippen molar-refractivity contribution in [1.82, 2.24) is 0 Å². The highest BCUT2D eigenvalue weighted by Gasteiger charge is 2.27. The van der Waals surface area contributed by atoms with Crippen LogP contribution in [0.15, 0.2) is 30.3 Å². The molecule has 1 N–H and O–H groups in total. The molecule has 0 fully saturated rings. The predicted octanol–water partition coefficient (Wildman–Crippen LogP) is 3.10. The average Bonchev–Trinajstić information content (AvgIpc) is 2.46. The van der Waals surface area contributed by atoms with Gasteiger partial charge in [0.25, 0.3) is 6.47 Å². The molecule has 0 bridgehead atoms. The largest absolute Gasteiger partial charge is 0.465 e. The Morgan fingerprint density at radius 2 is 1.82 bits per heavy atom. The Bertz CT molecular complexity index is 519. The van der Waals surface area contributed by atoms with Crippen LogP contribution < -0.4 is 0 Å². The van der Waals surface area contributed by atoms with E-state index in [1.165, 1.54) is 0 Å². The second-order valence-electron chi connectivity index (χ2n) is 6.12. The molecule has 0 saturated heterocycles. The minimum atomic E-state index is -1.38. The van der Waals surface area contributed by atoms with Crippen LogP contribution in [0.25, 0.3) is 0 Å². The van der Waals surface area contributed by atoms with E-state index in [-0.39, 0.29) is 11.5 Å². The fraction of sp³-hybridized carbons (Fsp3) is 0.368. The molecule has 0 aromatic heterocycles. The van der Waals surface area contributed by atoms with Crippen LogP contribution in [0.4, 0.5) is 0 Å². The van der Waals surface area contributed by atoms with Gasteiger partial charge in [0.05, 0.1) is 0 Å². The molecule has 3 radical (unpaired) electrons. The van der Waals surface area contributed by atoms with Crippen LogP contribution in [0.1, 0.15) is 33.3 Å². The standard InChI is InChI=1S/C19H23O3/c1-16(22-15-20)9-8-12-19(21,14-13-18(2,3)4)17-10-6-5-7-11-17/h5-12,15-16,21H,1-4H3/t16-,19+/m1/s1. The first-order valence-corrected chi connectivity index (χ1v) is 7.21. The van der Waals surface area contributed by atoms with Gasteiger partial charge in [-0.2, -0.15) is 0 Å². The Morgan fingerprint density at radius 1 is 1.18 bits per heavy atom. The van der Waals surface area contributed by atoms with Crippen molar-refractivity contribution in [3.63, 3.8) is 0 Å². The summed E-state index contributed by atoms with van der Waals surface area (Å²) >= 11 is 0. The van der Waals surface area contributed by atoms with Crippen molar-refractivity contribution in [2.45, 2.75) is 39.4 Å². The Morgan fingerprint density at radius 3 is 2.36 bits per heavy atom. The number of carbonyl (C=O) groups is 1. The first-order valence-electron chi connectivity index (χ1n) is 7.21. The van der Waals surface area contributed by atoms with Crippen LogP contribution in [-0.2, 0) is 15.1 Å². The van der Waals surface area contributed by atoms with Gasteiger partial charge < -0.3 is 9.84 Å². The summed E-state index contributed by atoms with van der Waals surface area (Å²) in [4.78, 5) is 10.3. The third-order valence-corrected chi connectivity index (χ3v) is 2.83. The van der Waals surface area contributed by atoms with E-state index in [4.69, 9.17) is 4.74 Å². The summed E-state index contributed by atoms with van der Waals surface area (Å²) in [5.41, 5.74) is -0.902. The van der Waals surface area contributed by atoms with Crippen LogP contribution in [0.5, 0.6) is 0 Å². The van der Waals surface area contributed by atoms with Gasteiger partial charge in [0.1, 0.15) is 6.10 Å². The van der Waals surface area contributed by atoms with Gasteiger partial charge >= 0.3 is 0 Å². The smallest absolute Gasteiger partial charge is 0.293 e. The van der Waals surface area contributed by atoms with Crippen LogP contribution in [0.3, 0.4) is 0 Å². The molecule has 1 aromatic rings. The van der Waals surface area contributed by atoms with Crippen molar-refractivity contribution in [2.75, 3.05) is 0 Å². The van der Waals surface area contributed by atoms with Crippen molar-refractivity contribution >= 4 is 6.47 Å². The molecule has 0 aliphatic carbocycles. The zero-order valence-corrected chi connectivity index (χ0v) is 13.5. The highest BCUT2D eigenvalue weighted by atomic mass is 16.5. The molecule has 117 valence electrons. The summed E-state index contributed by atoms with van der Waals surface area (Å²) in [7, 11) is 0. The van der Waals surface area contributed by atoms with Crippen molar-refractivity contribution in [2.24, 2.45) is 5.41 Å². The number of ether oxygens (including phenoxy) is 1. The summed E-state index contributed by atoms with van der Waals surface area (Å²) in [5, 5.41) is 10.9. The van der Waals surface area contributed by atoms with E-state index < -0.39 is 5.60 Å². The molecule has 0 heterocycles. The Balaban J connectivity index is 2.87. The van der Waals surface area contributed by atoms with Crippen molar-refractivity contribution in [3.05, 3.63) is 55.2 Å². The lowest BCUT2D eigenvalue weighted by Gasteiger charge is -2.24. The summed E-state index contributed by atoms with van der Waals surface area (Å²) < 4.78 is 4.77. The third-order valence-electron chi connectivity index (χ3n) is 2.83. The van der Waals surface area contributed by atoms with E-state index >= 15 is 0 Å². The van der Waals surface area contributed by atoms with E-state index in [0.29, 0.717) is 12.0 Å². The maximum atomic E-state index is 10.9. The van der Waals surface area contributed by atoms with Crippen LogP contribution in [-0.4, -0.2) is 17.7 Å². The molecule has 0 saturated carbocycles. The molecular weight excluding hydrogens is 276 g/mol. The Hall–Kier alpha value is -1.79. The molecule has 0 aliphatic heterocycles. The number of hydrogen-bond acceptors (Lipinski definition) is 3. The van der Waals surface area contributed by atoms with E-state index in [1.807, 2.05) is 51.1 Å². The normalized spacial score (nSPS) is 15.1. The zero-order valence-electron chi connectivity index (χ0n) is 13.5. The molecule has 0 unspecified atom stereocenters. The van der Waals surface area contributed by atoms with Gasteiger partial charge in [-0.05, 0) is 39.7 Å². The number of hydrogen-bond donors (Lipinski definition) is 1. The second-order valence-corrected chi connectivity index (χ2v) is 6.12. The molecule has 0 spiro atoms. The first-order chi connectivity index (χ1) is 10.3. The zero-order chi connectivity index (χ0) is 16.6.